The molecule has 3 amide bonds. The Morgan fingerprint density at radius 3 is 2.16 bits per heavy atom. The number of urea groups is 1. The average Bonchev–Trinajstić information content (AvgIpc) is 3.51. The number of halogens is 2. The molecule has 0 spiro atoms. The largest absolute Gasteiger partial charge is 0.493 e. The second-order valence-corrected chi connectivity index (χ2v) is 14.9. The molecule has 3 aromatic carbocycles. The van der Waals surface area contributed by atoms with E-state index < -0.39 is 22.1 Å². The van der Waals surface area contributed by atoms with Gasteiger partial charge in [-0.3, -0.25) is 19.6 Å². The fraction of sp³-hybridized carbons (Fsp3) is 0.400. The molecule has 50 heavy (non-hydrogen) atoms. The van der Waals surface area contributed by atoms with Crippen LogP contribution < -0.4 is 10.1 Å². The summed E-state index contributed by atoms with van der Waals surface area (Å²) in [4.78, 5) is 37.5. The first kappa shape index (κ1) is 37.5. The van der Waals surface area contributed by atoms with Gasteiger partial charge in [0.1, 0.15) is 17.6 Å². The Kier molecular flexibility index (Phi) is 12.4. The fourth-order valence-corrected chi connectivity index (χ4v) is 7.47. The first-order valence-corrected chi connectivity index (χ1v) is 18.5. The van der Waals surface area contributed by atoms with Gasteiger partial charge >= 0.3 is 6.03 Å². The molecule has 1 N–H and O–H groups in total. The zero-order valence-electron chi connectivity index (χ0n) is 28.5. The summed E-state index contributed by atoms with van der Waals surface area (Å²) in [5, 5.41) is 3.74. The number of carbonyl (C=O) groups is 2. The summed E-state index contributed by atoms with van der Waals surface area (Å²) in [5.41, 5.74) is 1.94. The van der Waals surface area contributed by atoms with E-state index in [1.54, 1.807) is 47.2 Å². The summed E-state index contributed by atoms with van der Waals surface area (Å²) in [6.07, 6.45) is 0. The molecular formula is C35H42Cl2N6O6S. The third-order valence-electron chi connectivity index (χ3n) is 8.80. The first-order chi connectivity index (χ1) is 24.0. The van der Waals surface area contributed by atoms with Gasteiger partial charge in [-0.1, -0.05) is 47.5 Å². The lowest BCUT2D eigenvalue weighted by atomic mass is 9.93. The lowest BCUT2D eigenvalue weighted by molar-refractivity contribution is -0.122. The highest BCUT2D eigenvalue weighted by atomic mass is 35.5. The Balaban J connectivity index is 1.66. The Hall–Kier alpha value is -3.72. The number of likely N-dealkylation sites (N-methyl/N-ethyl adjacent to an activating group) is 2. The van der Waals surface area contributed by atoms with E-state index in [1.807, 2.05) is 36.1 Å². The standard InChI is InChI=1S/C35H42Cl2N6O6S/c1-5-49-30-15-14-28(50(46,47)40(3)20-21-48-4)22-29(30)34-39-32(24-6-10-26(36)11-7-24)33(25-8-12-27(37)13-9-25)43(34)35(45)42-18-16-41(17-19-42)23-31(44)38-2/h6-15,22,32-33H,5,16-21,23H2,1-4H3,(H,38,44). The molecule has 15 heteroatoms. The van der Waals surface area contributed by atoms with E-state index in [2.05, 4.69) is 5.32 Å². The Labute approximate surface area is 303 Å². The van der Waals surface area contributed by atoms with Crippen molar-refractivity contribution in [3.63, 3.8) is 0 Å². The second kappa shape index (κ2) is 16.5. The lowest BCUT2D eigenvalue weighted by Crippen LogP contribution is -2.55. The van der Waals surface area contributed by atoms with Crippen molar-refractivity contribution in [3.05, 3.63) is 93.5 Å². The van der Waals surface area contributed by atoms with Gasteiger partial charge in [0.2, 0.25) is 15.9 Å². The van der Waals surface area contributed by atoms with Crippen LogP contribution in [-0.2, 0) is 19.6 Å². The molecule has 2 aliphatic rings. The van der Waals surface area contributed by atoms with Crippen molar-refractivity contribution in [2.75, 3.05) is 73.7 Å². The van der Waals surface area contributed by atoms with Crippen molar-refractivity contribution in [1.29, 1.82) is 0 Å². The number of nitrogens with one attached hydrogen (secondary N) is 1. The van der Waals surface area contributed by atoms with E-state index in [9.17, 15) is 18.0 Å². The third-order valence-corrected chi connectivity index (χ3v) is 11.2. The predicted molar refractivity (Wildman–Crippen MR) is 194 cm³/mol. The molecule has 0 aromatic heterocycles. The Morgan fingerprint density at radius 1 is 0.960 bits per heavy atom. The van der Waals surface area contributed by atoms with Gasteiger partial charge in [0.05, 0.1) is 36.3 Å². The van der Waals surface area contributed by atoms with Crippen LogP contribution in [0.15, 0.2) is 76.6 Å². The summed E-state index contributed by atoms with van der Waals surface area (Å²) in [6.45, 7) is 4.46. The monoisotopic (exact) mass is 744 g/mol. The maximum absolute atomic E-state index is 14.9. The number of benzene rings is 3. The molecule has 0 bridgehead atoms. The molecule has 2 aliphatic heterocycles. The molecule has 0 saturated carbocycles. The number of hydrogen-bond acceptors (Lipinski definition) is 8. The molecule has 2 unspecified atom stereocenters. The van der Waals surface area contributed by atoms with E-state index >= 15 is 0 Å². The molecule has 12 nitrogen and oxygen atoms in total. The van der Waals surface area contributed by atoms with Gasteiger partial charge in [0.15, 0.2) is 0 Å². The molecular weight excluding hydrogens is 703 g/mol. The van der Waals surface area contributed by atoms with Gasteiger partial charge in [-0.05, 0) is 60.5 Å². The number of ether oxygens (including phenoxy) is 2. The third kappa shape index (κ3) is 8.25. The van der Waals surface area contributed by atoms with Crippen molar-refractivity contribution in [1.82, 2.24) is 24.3 Å². The van der Waals surface area contributed by atoms with Crippen LogP contribution in [0, 0.1) is 0 Å². The topological polar surface area (TPSA) is 124 Å². The summed E-state index contributed by atoms with van der Waals surface area (Å²) in [7, 11) is 0.645. The minimum absolute atomic E-state index is 0.0189. The number of sulfonamides is 1. The molecule has 1 saturated heterocycles. The Morgan fingerprint density at radius 2 is 1.58 bits per heavy atom. The number of methoxy groups -OCH3 is 1. The summed E-state index contributed by atoms with van der Waals surface area (Å²) >= 11 is 12.6. The number of amides is 3. The van der Waals surface area contributed by atoms with Crippen LogP contribution in [0.1, 0.15) is 35.7 Å². The van der Waals surface area contributed by atoms with E-state index in [-0.39, 0.29) is 42.4 Å². The highest BCUT2D eigenvalue weighted by Crippen LogP contribution is 2.46. The van der Waals surface area contributed by atoms with Crippen LogP contribution in [0.25, 0.3) is 0 Å². The van der Waals surface area contributed by atoms with Gasteiger partial charge in [-0.2, -0.15) is 4.31 Å². The SMILES string of the molecule is CCOc1ccc(S(=O)(=O)N(C)CCOC)cc1C1=NC(c2ccc(Cl)cc2)C(c2ccc(Cl)cc2)N1C(=O)N1CCN(CC(=O)NC)CC1. The van der Waals surface area contributed by atoms with Crippen molar-refractivity contribution in [2.45, 2.75) is 23.9 Å². The van der Waals surface area contributed by atoms with Crippen molar-refractivity contribution in [2.24, 2.45) is 4.99 Å². The van der Waals surface area contributed by atoms with Gasteiger partial charge in [-0.15, -0.1) is 0 Å². The molecule has 0 aliphatic carbocycles. The van der Waals surface area contributed by atoms with E-state index in [0.717, 1.165) is 11.1 Å². The fourth-order valence-electron chi connectivity index (χ4n) is 6.03. The normalized spacial score (nSPS) is 18.3. The zero-order valence-corrected chi connectivity index (χ0v) is 30.8. The minimum Gasteiger partial charge on any atom is -0.493 e. The molecule has 3 aromatic rings. The average molecular weight is 746 g/mol. The van der Waals surface area contributed by atoms with Crippen molar-refractivity contribution in [3.8, 4) is 5.75 Å². The maximum Gasteiger partial charge on any atom is 0.326 e. The molecule has 2 heterocycles. The maximum atomic E-state index is 14.9. The van der Waals surface area contributed by atoms with E-state index in [0.29, 0.717) is 54.1 Å². The van der Waals surface area contributed by atoms with Crippen LogP contribution in [0.2, 0.25) is 10.0 Å². The number of amidine groups is 1. The van der Waals surface area contributed by atoms with Crippen LogP contribution >= 0.6 is 23.2 Å². The summed E-state index contributed by atoms with van der Waals surface area (Å²) < 4.78 is 39.9. The predicted octanol–water partition coefficient (Wildman–Crippen LogP) is 4.69. The lowest BCUT2D eigenvalue weighted by Gasteiger charge is -2.39. The molecule has 0 radical (unpaired) electrons. The second-order valence-electron chi connectivity index (χ2n) is 11.9. The van der Waals surface area contributed by atoms with Gasteiger partial charge < -0.3 is 19.7 Å². The first-order valence-electron chi connectivity index (χ1n) is 16.3. The van der Waals surface area contributed by atoms with E-state index in [4.69, 9.17) is 37.7 Å². The van der Waals surface area contributed by atoms with Crippen LogP contribution in [0.5, 0.6) is 5.75 Å². The number of hydrogen-bond donors (Lipinski definition) is 1. The summed E-state index contributed by atoms with van der Waals surface area (Å²) in [5.74, 6) is 0.547. The number of carbonyl (C=O) groups excluding carboxylic acids is 2. The number of nitrogens with zero attached hydrogens (tertiary/aromatic N) is 5. The molecule has 1 fully saturated rings. The van der Waals surface area contributed by atoms with Crippen LogP contribution in [0.3, 0.4) is 0 Å². The number of aliphatic imine (C=N–C) groups is 1. The van der Waals surface area contributed by atoms with Crippen molar-refractivity contribution >= 4 is 51.0 Å². The quantitative estimate of drug-likeness (QED) is 0.286. The van der Waals surface area contributed by atoms with Crippen molar-refractivity contribution < 1.29 is 27.5 Å². The summed E-state index contributed by atoms with van der Waals surface area (Å²) in [6, 6.07) is 17.6. The highest BCUT2D eigenvalue weighted by Gasteiger charge is 2.45. The molecule has 5 rings (SSSR count). The number of piperazine rings is 1. The highest BCUT2D eigenvalue weighted by molar-refractivity contribution is 7.89. The number of rotatable bonds is 12. The smallest absolute Gasteiger partial charge is 0.326 e. The zero-order chi connectivity index (χ0) is 36.0. The molecule has 268 valence electrons. The van der Waals surface area contributed by atoms with Crippen LogP contribution in [-0.4, -0.2) is 119 Å². The van der Waals surface area contributed by atoms with Gasteiger partial charge in [0, 0.05) is 64.0 Å². The molecule has 2 atom stereocenters. The Bertz CT molecular complexity index is 1800. The van der Waals surface area contributed by atoms with Crippen LogP contribution in [0.4, 0.5) is 4.79 Å². The van der Waals surface area contributed by atoms with Gasteiger partial charge in [-0.25, -0.2) is 13.2 Å². The van der Waals surface area contributed by atoms with E-state index in [1.165, 1.54) is 30.6 Å². The van der Waals surface area contributed by atoms with Gasteiger partial charge in [0.25, 0.3) is 0 Å². The minimum atomic E-state index is -3.95.